The minimum absolute atomic E-state index is 0.121. The van der Waals surface area contributed by atoms with Gasteiger partial charge in [-0.3, -0.25) is 9.59 Å². The van der Waals surface area contributed by atoms with Crippen LogP contribution in [-0.4, -0.2) is 26.0 Å². The first-order chi connectivity index (χ1) is 13.5. The molecular formula is C21H20N2O5. The van der Waals surface area contributed by atoms with Gasteiger partial charge in [0, 0.05) is 12.0 Å². The minimum atomic E-state index is -0.624. The maximum atomic E-state index is 12.5. The number of para-hydroxylation sites is 1. The third-order valence-electron chi connectivity index (χ3n) is 4.18. The van der Waals surface area contributed by atoms with Crippen molar-refractivity contribution in [1.29, 1.82) is 0 Å². The molecule has 0 radical (unpaired) electrons. The molecule has 0 atom stereocenters. The Labute approximate surface area is 162 Å². The van der Waals surface area contributed by atoms with Crippen molar-refractivity contribution in [2.75, 3.05) is 19.5 Å². The van der Waals surface area contributed by atoms with Crippen molar-refractivity contribution in [2.45, 2.75) is 6.42 Å². The van der Waals surface area contributed by atoms with Crippen LogP contribution in [0.3, 0.4) is 0 Å². The number of benzene rings is 2. The fraction of sp³-hybridized carbons (Fsp3) is 0.143. The number of anilines is 1. The molecule has 0 unspecified atom stereocenters. The fourth-order valence-electron chi connectivity index (χ4n) is 2.79. The molecule has 0 aliphatic rings. The number of amides is 2. The maximum absolute atomic E-state index is 12.5. The van der Waals surface area contributed by atoms with Gasteiger partial charge in [0.25, 0.3) is 11.8 Å². The first kappa shape index (κ1) is 19.0. The topological polar surface area (TPSA) is 104 Å². The van der Waals surface area contributed by atoms with Gasteiger partial charge in [0.2, 0.25) is 0 Å². The van der Waals surface area contributed by atoms with Crippen LogP contribution in [0.1, 0.15) is 32.2 Å². The molecule has 7 heteroatoms. The Kier molecular flexibility index (Phi) is 5.64. The van der Waals surface area contributed by atoms with Crippen LogP contribution in [0.15, 0.2) is 59.0 Å². The van der Waals surface area contributed by atoms with Crippen molar-refractivity contribution in [2.24, 2.45) is 5.73 Å². The van der Waals surface area contributed by atoms with Crippen molar-refractivity contribution in [3.8, 4) is 11.5 Å². The summed E-state index contributed by atoms with van der Waals surface area (Å²) in [6.07, 6.45) is 0.422. The first-order valence-corrected chi connectivity index (χ1v) is 8.51. The average Bonchev–Trinajstić information content (AvgIpc) is 3.17. The molecule has 144 valence electrons. The second-order valence-corrected chi connectivity index (χ2v) is 5.98. The Bertz CT molecular complexity index is 1010. The molecule has 0 fully saturated rings. The van der Waals surface area contributed by atoms with Crippen molar-refractivity contribution < 1.29 is 23.5 Å². The van der Waals surface area contributed by atoms with E-state index in [4.69, 9.17) is 19.6 Å². The van der Waals surface area contributed by atoms with Gasteiger partial charge >= 0.3 is 0 Å². The predicted molar refractivity (Wildman–Crippen MR) is 104 cm³/mol. The van der Waals surface area contributed by atoms with E-state index < -0.39 is 11.8 Å². The number of methoxy groups -OCH3 is 2. The van der Waals surface area contributed by atoms with Crippen LogP contribution in [0.25, 0.3) is 0 Å². The van der Waals surface area contributed by atoms with E-state index in [2.05, 4.69) is 5.32 Å². The Morgan fingerprint density at radius 2 is 1.82 bits per heavy atom. The second kappa shape index (κ2) is 8.30. The van der Waals surface area contributed by atoms with Crippen LogP contribution in [0.2, 0.25) is 0 Å². The standard InChI is InChI=1S/C21H20N2O5/c1-26-14-7-9-18(27-2)13(11-14)12-15-8-10-19(28-15)21(25)23-17-6-4-3-5-16(17)20(22)24/h3-11H,12H2,1-2H3,(H2,22,24)(H,23,25). The van der Waals surface area contributed by atoms with E-state index in [0.29, 0.717) is 29.4 Å². The molecule has 0 aliphatic heterocycles. The van der Waals surface area contributed by atoms with Gasteiger partial charge in [-0.1, -0.05) is 12.1 Å². The Morgan fingerprint density at radius 3 is 2.54 bits per heavy atom. The van der Waals surface area contributed by atoms with Crippen LogP contribution in [0, 0.1) is 0 Å². The van der Waals surface area contributed by atoms with Crippen LogP contribution in [0.4, 0.5) is 5.69 Å². The first-order valence-electron chi connectivity index (χ1n) is 8.51. The van der Waals surface area contributed by atoms with Gasteiger partial charge in [-0.05, 0) is 42.5 Å². The summed E-state index contributed by atoms with van der Waals surface area (Å²) < 4.78 is 16.3. The van der Waals surface area contributed by atoms with Crippen LogP contribution in [-0.2, 0) is 6.42 Å². The number of hydrogen-bond acceptors (Lipinski definition) is 5. The molecule has 0 saturated heterocycles. The van der Waals surface area contributed by atoms with E-state index >= 15 is 0 Å². The monoisotopic (exact) mass is 380 g/mol. The van der Waals surface area contributed by atoms with Gasteiger partial charge in [-0.2, -0.15) is 0 Å². The Morgan fingerprint density at radius 1 is 1.04 bits per heavy atom. The highest BCUT2D eigenvalue weighted by atomic mass is 16.5. The molecule has 0 bridgehead atoms. The average molecular weight is 380 g/mol. The van der Waals surface area contributed by atoms with Gasteiger partial charge in [0.05, 0.1) is 25.5 Å². The van der Waals surface area contributed by atoms with Crippen molar-refractivity contribution >= 4 is 17.5 Å². The lowest BCUT2D eigenvalue weighted by Crippen LogP contribution is -2.17. The van der Waals surface area contributed by atoms with E-state index in [9.17, 15) is 9.59 Å². The van der Waals surface area contributed by atoms with Crippen LogP contribution < -0.4 is 20.5 Å². The summed E-state index contributed by atoms with van der Waals surface area (Å²) in [5.74, 6) is 0.997. The van der Waals surface area contributed by atoms with Crippen LogP contribution >= 0.6 is 0 Å². The summed E-state index contributed by atoms with van der Waals surface area (Å²) in [6, 6.07) is 15.3. The molecular weight excluding hydrogens is 360 g/mol. The summed E-state index contributed by atoms with van der Waals surface area (Å²) >= 11 is 0. The Hall–Kier alpha value is -3.74. The van der Waals surface area contributed by atoms with Crippen molar-refractivity contribution in [3.63, 3.8) is 0 Å². The predicted octanol–water partition coefficient (Wildman–Crippen LogP) is 3.24. The summed E-state index contributed by atoms with van der Waals surface area (Å²) in [5, 5.41) is 2.65. The Balaban J connectivity index is 1.78. The highest BCUT2D eigenvalue weighted by Crippen LogP contribution is 2.27. The number of furan rings is 1. The zero-order valence-electron chi connectivity index (χ0n) is 15.5. The molecule has 1 heterocycles. The highest BCUT2D eigenvalue weighted by molar-refractivity contribution is 6.07. The largest absolute Gasteiger partial charge is 0.497 e. The summed E-state index contributed by atoms with van der Waals surface area (Å²) in [5.41, 5.74) is 6.75. The molecule has 3 rings (SSSR count). The van der Waals surface area contributed by atoms with E-state index in [0.717, 1.165) is 5.56 Å². The lowest BCUT2D eigenvalue weighted by atomic mass is 10.1. The van der Waals surface area contributed by atoms with E-state index in [1.165, 1.54) is 0 Å². The minimum Gasteiger partial charge on any atom is -0.497 e. The molecule has 2 aromatic carbocycles. The number of ether oxygens (including phenoxy) is 2. The quantitative estimate of drug-likeness (QED) is 0.655. The van der Waals surface area contributed by atoms with Gasteiger partial charge in [-0.25, -0.2) is 0 Å². The van der Waals surface area contributed by atoms with E-state index in [1.807, 2.05) is 12.1 Å². The zero-order valence-corrected chi connectivity index (χ0v) is 15.5. The number of rotatable bonds is 7. The number of primary amides is 1. The number of nitrogens with one attached hydrogen (secondary N) is 1. The summed E-state index contributed by atoms with van der Waals surface area (Å²) in [4.78, 5) is 24.0. The molecule has 7 nitrogen and oxygen atoms in total. The second-order valence-electron chi connectivity index (χ2n) is 5.98. The van der Waals surface area contributed by atoms with E-state index in [1.54, 1.807) is 56.7 Å². The summed E-state index contributed by atoms with van der Waals surface area (Å²) in [6.45, 7) is 0. The SMILES string of the molecule is COc1ccc(OC)c(Cc2ccc(C(=O)Nc3ccccc3C(N)=O)o2)c1. The number of carbonyl (C=O) groups is 2. The smallest absolute Gasteiger partial charge is 0.291 e. The normalized spacial score (nSPS) is 10.4. The molecule has 28 heavy (non-hydrogen) atoms. The fourth-order valence-corrected chi connectivity index (χ4v) is 2.79. The van der Waals surface area contributed by atoms with Crippen molar-refractivity contribution in [3.05, 3.63) is 77.2 Å². The van der Waals surface area contributed by atoms with Gasteiger partial charge in [-0.15, -0.1) is 0 Å². The molecule has 0 spiro atoms. The third-order valence-corrected chi connectivity index (χ3v) is 4.18. The lowest BCUT2D eigenvalue weighted by molar-refractivity contribution is 0.0995. The molecule has 3 aromatic rings. The van der Waals surface area contributed by atoms with Gasteiger partial charge < -0.3 is 24.9 Å². The molecule has 0 saturated carbocycles. The zero-order chi connectivity index (χ0) is 20.1. The van der Waals surface area contributed by atoms with Crippen molar-refractivity contribution in [1.82, 2.24) is 0 Å². The number of nitrogens with two attached hydrogens (primary N) is 1. The highest BCUT2D eigenvalue weighted by Gasteiger charge is 2.16. The number of carbonyl (C=O) groups excluding carboxylic acids is 2. The lowest BCUT2D eigenvalue weighted by Gasteiger charge is -2.09. The maximum Gasteiger partial charge on any atom is 0.291 e. The summed E-state index contributed by atoms with van der Waals surface area (Å²) in [7, 11) is 3.17. The molecule has 1 aromatic heterocycles. The van der Waals surface area contributed by atoms with E-state index in [-0.39, 0.29) is 11.3 Å². The van der Waals surface area contributed by atoms with Gasteiger partial charge in [0.1, 0.15) is 17.3 Å². The molecule has 0 aliphatic carbocycles. The molecule has 2 amide bonds. The van der Waals surface area contributed by atoms with Crippen LogP contribution in [0.5, 0.6) is 11.5 Å². The van der Waals surface area contributed by atoms with Gasteiger partial charge in [0.15, 0.2) is 5.76 Å². The third kappa shape index (κ3) is 4.15. The number of hydrogen-bond donors (Lipinski definition) is 2. The molecule has 3 N–H and O–H groups in total.